The molecule has 0 spiro atoms. The van der Waals surface area contributed by atoms with Crippen molar-refractivity contribution in [3.63, 3.8) is 0 Å². The van der Waals surface area contributed by atoms with Gasteiger partial charge < -0.3 is 4.74 Å². The van der Waals surface area contributed by atoms with Gasteiger partial charge in [0.25, 0.3) is 0 Å². The molecule has 6 heteroatoms. The summed E-state index contributed by atoms with van der Waals surface area (Å²) in [6.07, 6.45) is 6.20. The zero-order valence-corrected chi connectivity index (χ0v) is 9.40. The Morgan fingerprint density at radius 1 is 1.38 bits per heavy atom. The molecule has 0 amide bonds. The third-order valence-corrected chi connectivity index (χ3v) is 2.68. The Morgan fingerprint density at radius 3 is 2.88 bits per heavy atom. The third-order valence-electron chi connectivity index (χ3n) is 1.79. The fraction of sp³-hybridized carbons (Fsp3) is 0.200. The van der Waals surface area contributed by atoms with Gasteiger partial charge in [-0.3, -0.25) is 9.97 Å². The van der Waals surface area contributed by atoms with Gasteiger partial charge in [-0.1, -0.05) is 0 Å². The molecule has 0 aromatic carbocycles. The van der Waals surface area contributed by atoms with Gasteiger partial charge in [-0.15, -0.1) is 11.3 Å². The lowest BCUT2D eigenvalue weighted by atomic mass is 10.5. The lowest BCUT2D eigenvalue weighted by Crippen LogP contribution is -2.04. The number of hydrogen-bond acceptors (Lipinski definition) is 6. The van der Waals surface area contributed by atoms with Gasteiger partial charge in [0.2, 0.25) is 0 Å². The Bertz CT molecular complexity index is 484. The Hall–Kier alpha value is -1.82. The average Bonchev–Trinajstić information content (AvgIpc) is 2.74. The van der Waals surface area contributed by atoms with Crippen molar-refractivity contribution < 1.29 is 9.53 Å². The summed E-state index contributed by atoms with van der Waals surface area (Å²) in [4.78, 5) is 23.9. The molecule has 16 heavy (non-hydrogen) atoms. The number of thiazole rings is 1. The first-order chi connectivity index (χ1) is 7.75. The SMILES string of the molecule is Cc1ncc(C(=O)OCc2cnccn2)s1. The summed E-state index contributed by atoms with van der Waals surface area (Å²) in [6.45, 7) is 1.97. The van der Waals surface area contributed by atoms with E-state index < -0.39 is 0 Å². The van der Waals surface area contributed by atoms with Crippen molar-refractivity contribution in [2.45, 2.75) is 13.5 Å². The highest BCUT2D eigenvalue weighted by molar-refractivity contribution is 7.13. The highest BCUT2D eigenvalue weighted by atomic mass is 32.1. The minimum atomic E-state index is -0.378. The maximum atomic E-state index is 11.5. The monoisotopic (exact) mass is 235 g/mol. The molecular weight excluding hydrogens is 226 g/mol. The molecule has 0 atom stereocenters. The van der Waals surface area contributed by atoms with Crippen molar-refractivity contribution in [1.82, 2.24) is 15.0 Å². The van der Waals surface area contributed by atoms with E-state index in [-0.39, 0.29) is 12.6 Å². The van der Waals surface area contributed by atoms with Crippen molar-refractivity contribution in [1.29, 1.82) is 0 Å². The molecule has 0 fully saturated rings. The maximum Gasteiger partial charge on any atom is 0.350 e. The van der Waals surface area contributed by atoms with E-state index in [9.17, 15) is 4.79 Å². The van der Waals surface area contributed by atoms with Crippen LogP contribution < -0.4 is 0 Å². The zero-order valence-electron chi connectivity index (χ0n) is 8.58. The predicted octanol–water partition coefficient (Wildman–Crippen LogP) is 1.60. The van der Waals surface area contributed by atoms with Crippen LogP contribution in [0.4, 0.5) is 0 Å². The summed E-state index contributed by atoms with van der Waals surface area (Å²) >= 11 is 1.31. The Balaban J connectivity index is 1.94. The topological polar surface area (TPSA) is 65.0 Å². The molecule has 82 valence electrons. The molecule has 2 heterocycles. The zero-order chi connectivity index (χ0) is 11.4. The van der Waals surface area contributed by atoms with Crippen molar-refractivity contribution >= 4 is 17.3 Å². The van der Waals surface area contributed by atoms with Gasteiger partial charge in [0.15, 0.2) is 0 Å². The number of esters is 1. The molecule has 0 saturated carbocycles. The van der Waals surface area contributed by atoms with Crippen molar-refractivity contribution in [2.75, 3.05) is 0 Å². The van der Waals surface area contributed by atoms with Crippen LogP contribution in [0, 0.1) is 6.92 Å². The number of carbonyl (C=O) groups excluding carboxylic acids is 1. The van der Waals surface area contributed by atoms with E-state index in [0.717, 1.165) is 5.01 Å². The van der Waals surface area contributed by atoms with Crippen LogP contribution in [0.3, 0.4) is 0 Å². The maximum absolute atomic E-state index is 11.5. The lowest BCUT2D eigenvalue weighted by molar-refractivity contribution is 0.0473. The Labute approximate surface area is 96.2 Å². The second kappa shape index (κ2) is 4.80. The molecule has 5 nitrogen and oxygen atoms in total. The Kier molecular flexibility index (Phi) is 3.21. The van der Waals surface area contributed by atoms with Crippen LogP contribution in [0.2, 0.25) is 0 Å². The first kappa shape index (κ1) is 10.7. The van der Waals surface area contributed by atoms with Crippen LogP contribution in [0.1, 0.15) is 20.4 Å². The number of hydrogen-bond donors (Lipinski definition) is 0. The van der Waals surface area contributed by atoms with E-state index >= 15 is 0 Å². The van der Waals surface area contributed by atoms with E-state index in [1.807, 2.05) is 6.92 Å². The molecule has 0 N–H and O–H groups in total. The van der Waals surface area contributed by atoms with Crippen LogP contribution in [0.15, 0.2) is 24.8 Å². The molecule has 0 aliphatic rings. The first-order valence-electron chi connectivity index (χ1n) is 4.60. The second-order valence-corrected chi connectivity index (χ2v) is 4.25. The summed E-state index contributed by atoms with van der Waals surface area (Å²) in [6, 6.07) is 0. The van der Waals surface area contributed by atoms with Crippen molar-refractivity contribution in [3.8, 4) is 0 Å². The standard InChI is InChI=1S/C10H9N3O2S/c1-7-13-5-9(16-7)10(14)15-6-8-4-11-2-3-12-8/h2-5H,6H2,1H3. The van der Waals surface area contributed by atoms with Crippen LogP contribution in [-0.2, 0) is 11.3 Å². The van der Waals surface area contributed by atoms with E-state index in [4.69, 9.17) is 4.74 Å². The minimum absolute atomic E-state index is 0.129. The van der Waals surface area contributed by atoms with Gasteiger partial charge in [-0.2, -0.15) is 0 Å². The molecule has 0 unspecified atom stereocenters. The summed E-state index contributed by atoms with van der Waals surface area (Å²) in [5.74, 6) is -0.378. The second-order valence-electron chi connectivity index (χ2n) is 3.02. The van der Waals surface area contributed by atoms with E-state index in [1.54, 1.807) is 18.6 Å². The number of rotatable bonds is 3. The summed E-state index contributed by atoms with van der Waals surface area (Å²) in [7, 11) is 0. The molecule has 2 aromatic heterocycles. The van der Waals surface area contributed by atoms with Gasteiger partial charge >= 0.3 is 5.97 Å². The van der Waals surface area contributed by atoms with E-state index in [2.05, 4.69) is 15.0 Å². The first-order valence-corrected chi connectivity index (χ1v) is 5.42. The lowest BCUT2D eigenvalue weighted by Gasteiger charge is -2.00. The van der Waals surface area contributed by atoms with Gasteiger partial charge in [0.05, 0.1) is 23.1 Å². The number of nitrogens with zero attached hydrogens (tertiary/aromatic N) is 3. The average molecular weight is 235 g/mol. The highest BCUT2D eigenvalue weighted by Crippen LogP contribution is 2.13. The van der Waals surface area contributed by atoms with Gasteiger partial charge in [-0.05, 0) is 6.92 Å². The fourth-order valence-electron chi connectivity index (χ4n) is 1.07. The largest absolute Gasteiger partial charge is 0.455 e. The normalized spacial score (nSPS) is 10.1. The minimum Gasteiger partial charge on any atom is -0.455 e. The van der Waals surface area contributed by atoms with Crippen LogP contribution in [-0.4, -0.2) is 20.9 Å². The molecule has 0 aliphatic heterocycles. The van der Waals surface area contributed by atoms with Gasteiger partial charge in [-0.25, -0.2) is 9.78 Å². The molecule has 2 rings (SSSR count). The molecule has 2 aromatic rings. The van der Waals surface area contributed by atoms with Crippen LogP contribution in [0.5, 0.6) is 0 Å². The number of aryl methyl sites for hydroxylation is 1. The smallest absolute Gasteiger partial charge is 0.350 e. The van der Waals surface area contributed by atoms with Gasteiger partial charge in [0, 0.05) is 12.4 Å². The summed E-state index contributed by atoms with van der Waals surface area (Å²) in [5.41, 5.74) is 0.622. The van der Waals surface area contributed by atoms with Crippen molar-refractivity contribution in [3.05, 3.63) is 40.4 Å². The number of ether oxygens (including phenoxy) is 1. The Morgan fingerprint density at radius 2 is 2.25 bits per heavy atom. The number of aromatic nitrogens is 3. The van der Waals surface area contributed by atoms with E-state index in [0.29, 0.717) is 10.6 Å². The molecule has 0 radical (unpaired) electrons. The van der Waals surface area contributed by atoms with Gasteiger partial charge in [0.1, 0.15) is 11.5 Å². The van der Waals surface area contributed by atoms with Crippen molar-refractivity contribution in [2.24, 2.45) is 0 Å². The third kappa shape index (κ3) is 2.60. The molecule has 0 bridgehead atoms. The van der Waals surface area contributed by atoms with Crippen LogP contribution >= 0.6 is 11.3 Å². The quantitative estimate of drug-likeness (QED) is 0.756. The fourth-order valence-corrected chi connectivity index (χ4v) is 1.74. The van der Waals surface area contributed by atoms with E-state index in [1.165, 1.54) is 17.5 Å². The highest BCUT2D eigenvalue weighted by Gasteiger charge is 2.10. The molecule has 0 aliphatic carbocycles. The number of carbonyl (C=O) groups is 1. The van der Waals surface area contributed by atoms with Crippen LogP contribution in [0.25, 0.3) is 0 Å². The molecule has 0 saturated heterocycles. The molecular formula is C10H9N3O2S. The predicted molar refractivity (Wildman–Crippen MR) is 58.0 cm³/mol. The summed E-state index contributed by atoms with van der Waals surface area (Å²) in [5, 5.41) is 0.839. The summed E-state index contributed by atoms with van der Waals surface area (Å²) < 4.78 is 5.06.